The average Bonchev–Trinajstić information content (AvgIpc) is 3.57. The maximum atomic E-state index is 14.7. The number of anilines is 2. The molecule has 0 unspecified atom stereocenters. The Morgan fingerprint density at radius 2 is 1.51 bits per heavy atom. The number of aliphatic hydroxyl groups excluding tert-OH is 1. The van der Waals surface area contributed by atoms with E-state index < -0.39 is 57.0 Å². The summed E-state index contributed by atoms with van der Waals surface area (Å²) in [7, 11) is 3.17. The molecule has 0 aromatic heterocycles. The second kappa shape index (κ2) is 14.8. The van der Waals surface area contributed by atoms with Gasteiger partial charge < -0.3 is 19.3 Å². The molecular formula is C44H37Cl2FN2O8. The molecule has 1 N–H and O–H groups in total. The molecule has 0 spiro atoms. The van der Waals surface area contributed by atoms with Crippen molar-refractivity contribution in [2.45, 2.75) is 28.5 Å². The van der Waals surface area contributed by atoms with Crippen molar-refractivity contribution >= 4 is 70.4 Å². The molecule has 292 valence electrons. The van der Waals surface area contributed by atoms with Gasteiger partial charge in [0.15, 0.2) is 9.75 Å². The smallest absolute Gasteiger partial charge is 0.258 e. The number of hydrogen-bond donors (Lipinski definition) is 1. The maximum absolute atomic E-state index is 14.7. The summed E-state index contributed by atoms with van der Waals surface area (Å²) in [6.07, 6.45) is 5.54. The van der Waals surface area contributed by atoms with Crippen molar-refractivity contribution in [1.29, 1.82) is 0 Å². The number of nitrogens with zero attached hydrogens (tertiary/aromatic N) is 2. The summed E-state index contributed by atoms with van der Waals surface area (Å²) in [5, 5.41) is 9.62. The van der Waals surface area contributed by atoms with Gasteiger partial charge in [0.05, 0.1) is 44.0 Å². The number of methoxy groups -OCH3 is 2. The highest BCUT2D eigenvalue weighted by Gasteiger charge is 2.77. The summed E-state index contributed by atoms with van der Waals surface area (Å²) >= 11 is 15.0. The average molecular weight is 812 g/mol. The standard InChI is InChI=1S/C44H37Cl2FN2O8/c1-55-30-17-20-35(56-2)26(23-30)10-7-25-8-13-28(14-9-25)48-39(51)33-19-18-31-34(37(33)40(48)52)24-43(45)41(53)49(29-15-11-27(47)12-16-29)42(54)44(43,46)38(31)32-5-3-4-6-36(32)57-22-21-50/h3-18,20,23,33-34,37-38,50H,19,21-22,24H2,1-2H3/t33-,34+,37-,38+,43+,44-/m0/s1. The van der Waals surface area contributed by atoms with Gasteiger partial charge in [-0.05, 0) is 85.0 Å². The van der Waals surface area contributed by atoms with E-state index in [1.165, 1.54) is 17.0 Å². The molecule has 13 heteroatoms. The van der Waals surface area contributed by atoms with Crippen LogP contribution in [0.5, 0.6) is 17.2 Å². The molecule has 1 saturated carbocycles. The molecule has 8 rings (SSSR count). The lowest BCUT2D eigenvalue weighted by atomic mass is 9.56. The zero-order chi connectivity index (χ0) is 40.2. The minimum Gasteiger partial charge on any atom is -0.497 e. The SMILES string of the molecule is COc1ccc(OC)c(C=Cc2ccc(N3C(=O)[C@H]4[C@H](CC=C5[C@H]4C[C@@]4(Cl)C(=O)N(c6ccc(F)cc6)C(=O)[C@@]4(Cl)[C@H]5c4ccccc4OCCO)C3=O)cc2)c1. The molecule has 0 radical (unpaired) electrons. The Balaban J connectivity index is 1.17. The van der Waals surface area contributed by atoms with Crippen molar-refractivity contribution in [3.05, 3.63) is 125 Å². The number of halogens is 3. The third kappa shape index (κ3) is 6.02. The highest BCUT2D eigenvalue weighted by molar-refractivity contribution is 6.58. The summed E-state index contributed by atoms with van der Waals surface area (Å²) in [5.74, 6) is -4.98. The number of allylic oxidation sites excluding steroid dienone is 2. The molecule has 4 aliphatic rings. The monoisotopic (exact) mass is 810 g/mol. The normalized spacial score (nSPS) is 26.7. The number of aliphatic hydroxyl groups is 1. The van der Waals surface area contributed by atoms with Gasteiger partial charge in [0, 0.05) is 17.0 Å². The van der Waals surface area contributed by atoms with Crippen LogP contribution in [0.15, 0.2) is 103 Å². The number of rotatable bonds is 10. The molecule has 4 aromatic rings. The Morgan fingerprint density at radius 1 is 0.807 bits per heavy atom. The van der Waals surface area contributed by atoms with Crippen LogP contribution in [-0.4, -0.2) is 65.9 Å². The van der Waals surface area contributed by atoms with Gasteiger partial charge in [0.1, 0.15) is 29.7 Å². The summed E-state index contributed by atoms with van der Waals surface area (Å²) in [4.78, 5) is 55.9. The second-order valence-corrected chi connectivity index (χ2v) is 15.6. The molecule has 4 amide bonds. The zero-order valence-electron chi connectivity index (χ0n) is 30.9. The van der Waals surface area contributed by atoms with E-state index in [4.69, 9.17) is 37.4 Å². The molecule has 10 nitrogen and oxygen atoms in total. The molecule has 57 heavy (non-hydrogen) atoms. The Kier molecular flexibility index (Phi) is 9.96. The van der Waals surface area contributed by atoms with Crippen LogP contribution in [0.25, 0.3) is 12.2 Å². The largest absolute Gasteiger partial charge is 0.497 e. The molecule has 2 heterocycles. The summed E-state index contributed by atoms with van der Waals surface area (Å²) in [6, 6.07) is 24.1. The van der Waals surface area contributed by atoms with E-state index in [0.29, 0.717) is 34.1 Å². The van der Waals surface area contributed by atoms with Crippen molar-refractivity contribution in [3.63, 3.8) is 0 Å². The number of benzene rings is 4. The third-order valence-electron chi connectivity index (χ3n) is 11.5. The van der Waals surface area contributed by atoms with Gasteiger partial charge in [-0.25, -0.2) is 9.29 Å². The van der Waals surface area contributed by atoms with Gasteiger partial charge in [-0.1, -0.05) is 54.1 Å². The summed E-state index contributed by atoms with van der Waals surface area (Å²) in [6.45, 7) is -0.367. The Morgan fingerprint density at radius 3 is 2.21 bits per heavy atom. The summed E-state index contributed by atoms with van der Waals surface area (Å²) < 4.78 is 30.8. The molecule has 4 aromatic carbocycles. The van der Waals surface area contributed by atoms with Gasteiger partial charge in [-0.2, -0.15) is 0 Å². The molecule has 6 atom stereocenters. The lowest BCUT2D eigenvalue weighted by molar-refractivity contribution is -0.125. The number of carbonyl (C=O) groups excluding carboxylic acids is 4. The Hall–Kier alpha value is -5.49. The number of hydrogen-bond acceptors (Lipinski definition) is 8. The fourth-order valence-corrected chi connectivity index (χ4v) is 9.82. The fourth-order valence-electron chi connectivity index (χ4n) is 8.89. The number of imide groups is 2. The van der Waals surface area contributed by atoms with Gasteiger partial charge in [-0.3, -0.25) is 24.1 Å². The molecule has 2 saturated heterocycles. The first-order valence-corrected chi connectivity index (χ1v) is 19.1. The number of alkyl halides is 2. The van der Waals surface area contributed by atoms with E-state index in [0.717, 1.165) is 28.2 Å². The van der Waals surface area contributed by atoms with E-state index in [1.807, 2.05) is 30.4 Å². The van der Waals surface area contributed by atoms with E-state index in [2.05, 4.69) is 0 Å². The minimum atomic E-state index is -2.13. The van der Waals surface area contributed by atoms with Gasteiger partial charge in [0.25, 0.3) is 11.8 Å². The fraction of sp³-hybridized carbons (Fsp3) is 0.273. The Labute approximate surface area is 338 Å². The maximum Gasteiger partial charge on any atom is 0.258 e. The van der Waals surface area contributed by atoms with Crippen LogP contribution >= 0.6 is 23.2 Å². The lowest BCUT2D eigenvalue weighted by Gasteiger charge is -2.50. The van der Waals surface area contributed by atoms with Gasteiger partial charge in [-0.15, -0.1) is 23.2 Å². The van der Waals surface area contributed by atoms with E-state index in [9.17, 15) is 28.7 Å². The Bertz CT molecular complexity index is 2350. The molecule has 0 bridgehead atoms. The number of amides is 4. The van der Waals surface area contributed by atoms with Crippen LogP contribution in [0.4, 0.5) is 15.8 Å². The number of fused-ring (bicyclic) bond motifs is 4. The predicted octanol–water partition coefficient (Wildman–Crippen LogP) is 7.15. The van der Waals surface area contributed by atoms with Crippen LogP contribution in [-0.2, 0) is 19.2 Å². The molecule has 2 aliphatic carbocycles. The predicted molar refractivity (Wildman–Crippen MR) is 213 cm³/mol. The van der Waals surface area contributed by atoms with Crippen LogP contribution in [0.2, 0.25) is 0 Å². The first-order valence-electron chi connectivity index (χ1n) is 18.4. The zero-order valence-corrected chi connectivity index (χ0v) is 32.4. The highest BCUT2D eigenvalue weighted by Crippen LogP contribution is 2.66. The van der Waals surface area contributed by atoms with Crippen LogP contribution in [0, 0.1) is 23.6 Å². The van der Waals surface area contributed by atoms with Crippen molar-refractivity contribution in [1.82, 2.24) is 0 Å². The lowest BCUT2D eigenvalue weighted by Crippen LogP contribution is -2.60. The number of ether oxygens (including phenoxy) is 3. The topological polar surface area (TPSA) is 123 Å². The van der Waals surface area contributed by atoms with Crippen LogP contribution < -0.4 is 24.0 Å². The van der Waals surface area contributed by atoms with E-state index >= 15 is 0 Å². The van der Waals surface area contributed by atoms with Crippen molar-refractivity contribution < 1.29 is 42.9 Å². The quantitative estimate of drug-likeness (QED) is 0.0776. The minimum absolute atomic E-state index is 0.0709. The van der Waals surface area contributed by atoms with E-state index in [-0.39, 0.29) is 37.6 Å². The first kappa shape index (κ1) is 38.4. The molecular weight excluding hydrogens is 774 g/mol. The number of para-hydroxylation sites is 1. The van der Waals surface area contributed by atoms with Crippen LogP contribution in [0.1, 0.15) is 35.4 Å². The first-order chi connectivity index (χ1) is 27.5. The van der Waals surface area contributed by atoms with Crippen LogP contribution in [0.3, 0.4) is 0 Å². The van der Waals surface area contributed by atoms with Gasteiger partial charge in [0.2, 0.25) is 11.8 Å². The van der Waals surface area contributed by atoms with Crippen molar-refractivity contribution in [3.8, 4) is 17.2 Å². The molecule has 2 aliphatic heterocycles. The van der Waals surface area contributed by atoms with Crippen molar-refractivity contribution in [2.24, 2.45) is 17.8 Å². The number of carbonyl (C=O) groups is 4. The van der Waals surface area contributed by atoms with Crippen molar-refractivity contribution in [2.75, 3.05) is 37.2 Å². The summed E-state index contributed by atoms with van der Waals surface area (Å²) in [5.41, 5.74) is 3.08. The second-order valence-electron chi connectivity index (χ2n) is 14.4. The van der Waals surface area contributed by atoms with E-state index in [1.54, 1.807) is 68.8 Å². The third-order valence-corrected chi connectivity index (χ3v) is 12.9. The highest BCUT2D eigenvalue weighted by atomic mass is 35.5. The van der Waals surface area contributed by atoms with Gasteiger partial charge >= 0.3 is 0 Å². The molecule has 3 fully saturated rings.